The number of benzene rings is 1. The summed E-state index contributed by atoms with van der Waals surface area (Å²) in [5.74, 6) is -1.79. The molecule has 1 aliphatic heterocycles. The number of nitrogens with zero attached hydrogens (tertiary/aromatic N) is 4. The summed E-state index contributed by atoms with van der Waals surface area (Å²) in [5, 5.41) is 7.08. The highest BCUT2D eigenvalue weighted by Crippen LogP contribution is 2.18. The van der Waals surface area contributed by atoms with E-state index in [1.807, 2.05) is 0 Å². The van der Waals surface area contributed by atoms with Crippen LogP contribution in [-0.2, 0) is 11.3 Å². The molecule has 6 nitrogen and oxygen atoms in total. The summed E-state index contributed by atoms with van der Waals surface area (Å²) in [6.07, 6.45) is 4.60. The van der Waals surface area contributed by atoms with Gasteiger partial charge < -0.3 is 10.2 Å². The zero-order valence-electron chi connectivity index (χ0n) is 12.5. The van der Waals surface area contributed by atoms with E-state index in [1.165, 1.54) is 23.4 Å². The van der Waals surface area contributed by atoms with E-state index in [9.17, 15) is 13.6 Å². The van der Waals surface area contributed by atoms with Gasteiger partial charge in [0.1, 0.15) is 19.2 Å². The van der Waals surface area contributed by atoms with Crippen LogP contribution >= 0.6 is 0 Å². The third-order valence-electron chi connectivity index (χ3n) is 3.83. The Labute approximate surface area is 132 Å². The number of nitrogens with one attached hydrogen (secondary N) is 1. The van der Waals surface area contributed by atoms with E-state index in [-0.39, 0.29) is 18.5 Å². The first-order chi connectivity index (χ1) is 11.1. The molecule has 1 amide bonds. The molecule has 2 aromatic rings. The smallest absolute Gasteiger partial charge is 0.244 e. The molecule has 0 bridgehead atoms. The van der Waals surface area contributed by atoms with Gasteiger partial charge in [0.05, 0.1) is 0 Å². The highest BCUT2D eigenvalue weighted by atomic mass is 19.2. The number of carbonyl (C=O) groups excluding carboxylic acids is 1. The Morgan fingerprint density at radius 2 is 2.22 bits per heavy atom. The lowest BCUT2D eigenvalue weighted by Crippen LogP contribution is -2.46. The molecule has 8 heteroatoms. The minimum atomic E-state index is -0.884. The van der Waals surface area contributed by atoms with Crippen molar-refractivity contribution in [1.29, 1.82) is 0 Å². The summed E-state index contributed by atoms with van der Waals surface area (Å²) in [6, 6.07) is 3.72. The van der Waals surface area contributed by atoms with Crippen molar-refractivity contribution in [2.45, 2.75) is 25.4 Å². The minimum Gasteiger partial charge on any atom is -0.380 e. The Morgan fingerprint density at radius 1 is 1.35 bits per heavy atom. The quantitative estimate of drug-likeness (QED) is 0.930. The number of piperidine rings is 1. The van der Waals surface area contributed by atoms with Gasteiger partial charge >= 0.3 is 0 Å². The molecule has 0 spiro atoms. The highest BCUT2D eigenvalue weighted by molar-refractivity contribution is 5.76. The number of likely N-dealkylation sites (tertiary alicyclic amines) is 1. The van der Waals surface area contributed by atoms with E-state index in [2.05, 4.69) is 15.4 Å². The summed E-state index contributed by atoms with van der Waals surface area (Å²) < 4.78 is 27.7. The molecule has 1 aromatic carbocycles. The van der Waals surface area contributed by atoms with Crippen molar-refractivity contribution < 1.29 is 13.6 Å². The van der Waals surface area contributed by atoms with Crippen molar-refractivity contribution in [3.8, 4) is 0 Å². The molecule has 0 saturated carbocycles. The predicted octanol–water partition coefficient (Wildman–Crippen LogP) is 1.66. The molecule has 1 saturated heterocycles. The number of anilines is 1. The molecule has 0 radical (unpaired) electrons. The van der Waals surface area contributed by atoms with Gasteiger partial charge in [0.15, 0.2) is 11.6 Å². The van der Waals surface area contributed by atoms with Crippen LogP contribution in [-0.4, -0.2) is 44.7 Å². The van der Waals surface area contributed by atoms with Crippen LogP contribution in [0, 0.1) is 11.6 Å². The maximum atomic E-state index is 13.3. The number of rotatable bonds is 4. The van der Waals surface area contributed by atoms with Gasteiger partial charge in [-0.05, 0) is 25.0 Å². The monoisotopic (exact) mass is 321 g/mol. The fourth-order valence-electron chi connectivity index (χ4n) is 2.70. The van der Waals surface area contributed by atoms with Crippen LogP contribution in [0.4, 0.5) is 14.5 Å². The van der Waals surface area contributed by atoms with Gasteiger partial charge in [0, 0.05) is 30.9 Å². The van der Waals surface area contributed by atoms with Gasteiger partial charge in [-0.3, -0.25) is 4.79 Å². The molecule has 122 valence electrons. The maximum Gasteiger partial charge on any atom is 0.244 e. The number of carbonyl (C=O) groups is 1. The van der Waals surface area contributed by atoms with E-state index in [1.54, 1.807) is 4.90 Å². The summed E-state index contributed by atoms with van der Waals surface area (Å²) in [5.41, 5.74) is 0.513. The lowest BCUT2D eigenvalue weighted by atomic mass is 10.1. The molecule has 1 aliphatic rings. The summed E-state index contributed by atoms with van der Waals surface area (Å²) in [7, 11) is 0. The second-order valence-electron chi connectivity index (χ2n) is 5.55. The zero-order valence-corrected chi connectivity index (χ0v) is 12.5. The summed E-state index contributed by atoms with van der Waals surface area (Å²) >= 11 is 0. The topological polar surface area (TPSA) is 63.1 Å². The van der Waals surface area contributed by atoms with Crippen molar-refractivity contribution >= 4 is 11.6 Å². The zero-order chi connectivity index (χ0) is 16.2. The Bertz CT molecular complexity index is 677. The van der Waals surface area contributed by atoms with Crippen LogP contribution in [0.3, 0.4) is 0 Å². The highest BCUT2D eigenvalue weighted by Gasteiger charge is 2.24. The maximum absolute atomic E-state index is 13.3. The largest absolute Gasteiger partial charge is 0.380 e. The third kappa shape index (κ3) is 3.82. The van der Waals surface area contributed by atoms with E-state index in [4.69, 9.17) is 0 Å². The van der Waals surface area contributed by atoms with E-state index >= 15 is 0 Å². The van der Waals surface area contributed by atoms with Gasteiger partial charge in [-0.1, -0.05) is 0 Å². The molecule has 2 heterocycles. The average molecular weight is 321 g/mol. The predicted molar refractivity (Wildman–Crippen MR) is 79.6 cm³/mol. The van der Waals surface area contributed by atoms with Crippen molar-refractivity contribution in [3.63, 3.8) is 0 Å². The Morgan fingerprint density at radius 3 is 2.96 bits per heavy atom. The van der Waals surface area contributed by atoms with Crippen LogP contribution in [0.1, 0.15) is 12.8 Å². The lowest BCUT2D eigenvalue weighted by molar-refractivity contribution is -0.133. The molecule has 23 heavy (non-hydrogen) atoms. The number of hydrogen-bond donors (Lipinski definition) is 1. The van der Waals surface area contributed by atoms with Gasteiger partial charge in [-0.25, -0.2) is 18.4 Å². The molecule has 0 unspecified atom stereocenters. The van der Waals surface area contributed by atoms with Crippen molar-refractivity contribution in [1.82, 2.24) is 19.7 Å². The Balaban J connectivity index is 1.59. The van der Waals surface area contributed by atoms with Crippen LogP contribution < -0.4 is 5.32 Å². The van der Waals surface area contributed by atoms with E-state index in [0.717, 1.165) is 25.0 Å². The molecular formula is C15H17F2N5O. The van der Waals surface area contributed by atoms with Gasteiger partial charge in [0.25, 0.3) is 0 Å². The molecule has 0 aliphatic carbocycles. The van der Waals surface area contributed by atoms with Crippen molar-refractivity contribution in [3.05, 3.63) is 42.5 Å². The van der Waals surface area contributed by atoms with Crippen LogP contribution in [0.25, 0.3) is 0 Å². The van der Waals surface area contributed by atoms with Crippen molar-refractivity contribution in [2.24, 2.45) is 0 Å². The first kappa shape index (κ1) is 15.4. The first-order valence-electron chi connectivity index (χ1n) is 7.43. The van der Waals surface area contributed by atoms with Crippen LogP contribution in [0.2, 0.25) is 0 Å². The summed E-state index contributed by atoms with van der Waals surface area (Å²) in [6.45, 7) is 1.36. The van der Waals surface area contributed by atoms with Gasteiger partial charge in [-0.2, -0.15) is 5.10 Å². The fourth-order valence-corrected chi connectivity index (χ4v) is 2.70. The first-order valence-corrected chi connectivity index (χ1v) is 7.43. The van der Waals surface area contributed by atoms with Crippen LogP contribution in [0.5, 0.6) is 0 Å². The number of hydrogen-bond acceptors (Lipinski definition) is 4. The fraction of sp³-hybridized carbons (Fsp3) is 0.400. The molecule has 1 N–H and O–H groups in total. The third-order valence-corrected chi connectivity index (χ3v) is 3.83. The molecule has 3 rings (SSSR count). The van der Waals surface area contributed by atoms with E-state index < -0.39 is 11.6 Å². The SMILES string of the molecule is O=C(Cn1cncn1)N1CCC[C@H](Nc2ccc(F)c(F)c2)C1. The van der Waals surface area contributed by atoms with E-state index in [0.29, 0.717) is 18.8 Å². The molecule has 1 aromatic heterocycles. The van der Waals surface area contributed by atoms with Crippen LogP contribution in [0.15, 0.2) is 30.9 Å². The number of aromatic nitrogens is 3. The Hall–Kier alpha value is -2.51. The molecule has 1 fully saturated rings. The average Bonchev–Trinajstić information content (AvgIpc) is 3.04. The lowest BCUT2D eigenvalue weighted by Gasteiger charge is -2.33. The minimum absolute atomic E-state index is 0.00769. The second-order valence-corrected chi connectivity index (χ2v) is 5.55. The second kappa shape index (κ2) is 6.72. The number of halogens is 2. The van der Waals surface area contributed by atoms with Crippen molar-refractivity contribution in [2.75, 3.05) is 18.4 Å². The van der Waals surface area contributed by atoms with Gasteiger partial charge in [-0.15, -0.1) is 0 Å². The number of amides is 1. The standard InChI is InChI=1S/C15H17F2N5O/c16-13-4-3-11(6-14(13)17)20-12-2-1-5-21(7-12)15(23)8-22-10-18-9-19-22/h3-4,6,9-10,12,20H,1-2,5,7-8H2/t12-/m0/s1. The summed E-state index contributed by atoms with van der Waals surface area (Å²) in [4.78, 5) is 17.8. The Kier molecular flexibility index (Phi) is 4.50. The molecular weight excluding hydrogens is 304 g/mol. The normalized spacial score (nSPS) is 18.0. The van der Waals surface area contributed by atoms with Gasteiger partial charge in [0.2, 0.25) is 5.91 Å². The molecule has 1 atom stereocenters.